The number of thiol groups is 1. The lowest BCUT2D eigenvalue weighted by molar-refractivity contribution is 0.653. The van der Waals surface area contributed by atoms with Crippen molar-refractivity contribution in [1.82, 2.24) is 5.32 Å². The lowest BCUT2D eigenvalue weighted by Crippen LogP contribution is -2.22. The van der Waals surface area contributed by atoms with Crippen LogP contribution in [0.5, 0.6) is 0 Å². The van der Waals surface area contributed by atoms with Crippen LogP contribution in [-0.4, -0.2) is 11.4 Å². The molecule has 0 saturated carbocycles. The summed E-state index contributed by atoms with van der Waals surface area (Å²) in [7, 11) is 0. The van der Waals surface area contributed by atoms with Crippen LogP contribution in [0.15, 0.2) is 0 Å². The normalized spacial score (nSPS) is 42.0. The van der Waals surface area contributed by atoms with E-state index in [-0.39, 0.29) is 0 Å². The molecule has 1 aliphatic heterocycles. The second-order valence-electron chi connectivity index (χ2n) is 2.16. The van der Waals surface area contributed by atoms with Gasteiger partial charge in [0.15, 0.2) is 0 Å². The third-order valence-electron chi connectivity index (χ3n) is 1.35. The van der Waals surface area contributed by atoms with Crippen molar-refractivity contribution in [2.24, 2.45) is 0 Å². The molecule has 0 bridgehead atoms. The largest absolute Gasteiger partial charge is 0.303 e. The molecule has 1 saturated heterocycles. The maximum absolute atomic E-state index is 4.24. The maximum Gasteiger partial charge on any atom is 0.0504 e. The molecule has 2 heteroatoms. The molecule has 1 fully saturated rings. The van der Waals surface area contributed by atoms with Crippen molar-refractivity contribution >= 4 is 12.6 Å². The van der Waals surface area contributed by atoms with E-state index < -0.39 is 0 Å². The molecule has 2 unspecified atom stereocenters. The first-order chi connectivity index (χ1) is 3.29. The standard InChI is InChI=1S/C5H11NS/c1-4-2-3-5(7)6-4/h4-7H,2-3H2,1H3. The van der Waals surface area contributed by atoms with Gasteiger partial charge in [-0.3, -0.25) is 0 Å². The second kappa shape index (κ2) is 2.05. The molecule has 0 aromatic carbocycles. The SMILES string of the molecule is CC1CCC(S)N1. The highest BCUT2D eigenvalue weighted by molar-refractivity contribution is 7.80. The van der Waals surface area contributed by atoms with E-state index in [0.29, 0.717) is 11.4 Å². The lowest BCUT2D eigenvalue weighted by Gasteiger charge is -2.01. The molecule has 2 atom stereocenters. The molecule has 0 radical (unpaired) electrons. The first-order valence-electron chi connectivity index (χ1n) is 2.73. The zero-order chi connectivity index (χ0) is 5.28. The Kier molecular flexibility index (Phi) is 1.60. The number of nitrogens with one attached hydrogen (secondary N) is 1. The highest BCUT2D eigenvalue weighted by atomic mass is 32.1. The predicted molar refractivity (Wildman–Crippen MR) is 34.6 cm³/mol. The van der Waals surface area contributed by atoms with Crippen molar-refractivity contribution in [3.05, 3.63) is 0 Å². The summed E-state index contributed by atoms with van der Waals surface area (Å²) in [6.07, 6.45) is 2.51. The molecule has 1 aliphatic rings. The van der Waals surface area contributed by atoms with E-state index in [1.807, 2.05) is 0 Å². The maximum atomic E-state index is 4.24. The Morgan fingerprint density at radius 1 is 1.57 bits per heavy atom. The molecule has 42 valence electrons. The van der Waals surface area contributed by atoms with Crippen LogP contribution in [0.25, 0.3) is 0 Å². The highest BCUT2D eigenvalue weighted by Crippen LogP contribution is 2.13. The van der Waals surface area contributed by atoms with Crippen molar-refractivity contribution < 1.29 is 0 Å². The zero-order valence-corrected chi connectivity index (χ0v) is 5.41. The minimum Gasteiger partial charge on any atom is -0.303 e. The van der Waals surface area contributed by atoms with Gasteiger partial charge in [0.1, 0.15) is 0 Å². The van der Waals surface area contributed by atoms with E-state index in [2.05, 4.69) is 24.9 Å². The van der Waals surface area contributed by atoms with Gasteiger partial charge in [-0.1, -0.05) is 0 Å². The Labute approximate surface area is 49.9 Å². The first-order valence-corrected chi connectivity index (χ1v) is 3.25. The fourth-order valence-corrected chi connectivity index (χ4v) is 1.31. The topological polar surface area (TPSA) is 12.0 Å². The zero-order valence-electron chi connectivity index (χ0n) is 4.52. The smallest absolute Gasteiger partial charge is 0.0504 e. The summed E-state index contributed by atoms with van der Waals surface area (Å²) < 4.78 is 0. The Morgan fingerprint density at radius 3 is 2.43 bits per heavy atom. The number of hydrogen-bond acceptors (Lipinski definition) is 2. The highest BCUT2D eigenvalue weighted by Gasteiger charge is 2.15. The van der Waals surface area contributed by atoms with Gasteiger partial charge in [-0.25, -0.2) is 0 Å². The van der Waals surface area contributed by atoms with Gasteiger partial charge in [0.05, 0.1) is 5.37 Å². The van der Waals surface area contributed by atoms with E-state index in [4.69, 9.17) is 0 Å². The molecule has 1 heterocycles. The third-order valence-corrected chi connectivity index (χ3v) is 1.76. The minimum atomic E-state index is 0.468. The van der Waals surface area contributed by atoms with Crippen molar-refractivity contribution in [3.8, 4) is 0 Å². The van der Waals surface area contributed by atoms with Gasteiger partial charge in [0, 0.05) is 6.04 Å². The molecule has 1 N–H and O–H groups in total. The summed E-state index contributed by atoms with van der Waals surface area (Å²) in [5, 5.41) is 3.75. The van der Waals surface area contributed by atoms with E-state index in [0.717, 1.165) is 0 Å². The molecule has 7 heavy (non-hydrogen) atoms. The van der Waals surface area contributed by atoms with Gasteiger partial charge in [-0.15, -0.1) is 0 Å². The first kappa shape index (κ1) is 5.45. The quantitative estimate of drug-likeness (QED) is 0.451. The number of rotatable bonds is 0. The van der Waals surface area contributed by atoms with Gasteiger partial charge >= 0.3 is 0 Å². The van der Waals surface area contributed by atoms with Crippen LogP contribution >= 0.6 is 12.6 Å². The minimum absolute atomic E-state index is 0.468. The van der Waals surface area contributed by atoms with E-state index in [1.54, 1.807) is 0 Å². The second-order valence-corrected chi connectivity index (χ2v) is 2.78. The predicted octanol–water partition coefficient (Wildman–Crippen LogP) is 1.01. The third kappa shape index (κ3) is 1.35. The van der Waals surface area contributed by atoms with Gasteiger partial charge in [-0.2, -0.15) is 12.6 Å². The van der Waals surface area contributed by atoms with Gasteiger partial charge in [0.25, 0.3) is 0 Å². The lowest BCUT2D eigenvalue weighted by atomic mass is 10.3. The van der Waals surface area contributed by atoms with Crippen LogP contribution in [-0.2, 0) is 0 Å². The summed E-state index contributed by atoms with van der Waals surface area (Å²) in [6, 6.07) is 0.697. The summed E-state index contributed by atoms with van der Waals surface area (Å²) >= 11 is 4.24. The average molecular weight is 117 g/mol. The van der Waals surface area contributed by atoms with Crippen LogP contribution in [0.4, 0.5) is 0 Å². The van der Waals surface area contributed by atoms with E-state index >= 15 is 0 Å². The van der Waals surface area contributed by atoms with E-state index in [1.165, 1.54) is 12.8 Å². The van der Waals surface area contributed by atoms with Crippen molar-refractivity contribution in [1.29, 1.82) is 0 Å². The summed E-state index contributed by atoms with van der Waals surface area (Å²) in [5.74, 6) is 0. The Hall–Kier alpha value is 0.310. The Bertz CT molecular complexity index is 57.1. The molecule has 0 aromatic rings. The van der Waals surface area contributed by atoms with Crippen molar-refractivity contribution in [2.45, 2.75) is 31.2 Å². The molecule has 1 rings (SSSR count). The summed E-state index contributed by atoms with van der Waals surface area (Å²) in [4.78, 5) is 0. The van der Waals surface area contributed by atoms with Crippen LogP contribution in [0, 0.1) is 0 Å². The average Bonchev–Trinajstić information content (AvgIpc) is 1.87. The van der Waals surface area contributed by atoms with Crippen molar-refractivity contribution in [2.75, 3.05) is 0 Å². The van der Waals surface area contributed by atoms with E-state index in [9.17, 15) is 0 Å². The van der Waals surface area contributed by atoms with Crippen LogP contribution < -0.4 is 5.32 Å². The molecule has 0 aliphatic carbocycles. The van der Waals surface area contributed by atoms with Crippen LogP contribution in [0.1, 0.15) is 19.8 Å². The molecule has 0 spiro atoms. The molecule has 0 aromatic heterocycles. The number of hydrogen-bond donors (Lipinski definition) is 2. The fourth-order valence-electron chi connectivity index (χ4n) is 0.903. The molecule has 0 amide bonds. The van der Waals surface area contributed by atoms with Crippen LogP contribution in [0.2, 0.25) is 0 Å². The molecular formula is C5H11NS. The fraction of sp³-hybridized carbons (Fsp3) is 1.00. The van der Waals surface area contributed by atoms with Gasteiger partial charge in [-0.05, 0) is 19.8 Å². The monoisotopic (exact) mass is 117 g/mol. The molecular weight excluding hydrogens is 106 g/mol. The van der Waals surface area contributed by atoms with Crippen molar-refractivity contribution in [3.63, 3.8) is 0 Å². The molecule has 1 nitrogen and oxygen atoms in total. The van der Waals surface area contributed by atoms with Gasteiger partial charge in [0.2, 0.25) is 0 Å². The Morgan fingerprint density at radius 2 is 2.29 bits per heavy atom. The Balaban J connectivity index is 2.26. The van der Waals surface area contributed by atoms with Gasteiger partial charge < -0.3 is 5.32 Å². The summed E-state index contributed by atoms with van der Waals surface area (Å²) in [5.41, 5.74) is 0. The van der Waals surface area contributed by atoms with Crippen LogP contribution in [0.3, 0.4) is 0 Å². The summed E-state index contributed by atoms with van der Waals surface area (Å²) in [6.45, 7) is 2.19.